The molecular formula is C10H18O. The Morgan fingerprint density at radius 1 is 1.45 bits per heavy atom. The summed E-state index contributed by atoms with van der Waals surface area (Å²) in [4.78, 5) is 0. The molecule has 0 spiro atoms. The number of hydrogen-bond acceptors (Lipinski definition) is 1. The highest BCUT2D eigenvalue weighted by Gasteiger charge is 2.40. The highest BCUT2D eigenvalue weighted by molar-refractivity contribution is 4.90. The molecule has 0 saturated heterocycles. The molecule has 0 aliphatic heterocycles. The number of aliphatic hydroxyl groups excluding tert-OH is 1. The van der Waals surface area contributed by atoms with Crippen LogP contribution in [0.15, 0.2) is 0 Å². The van der Waals surface area contributed by atoms with E-state index in [-0.39, 0.29) is 6.10 Å². The van der Waals surface area contributed by atoms with Crippen molar-refractivity contribution in [3.8, 4) is 0 Å². The van der Waals surface area contributed by atoms with Crippen molar-refractivity contribution < 1.29 is 5.11 Å². The molecule has 0 heterocycles. The first-order valence-electron chi connectivity index (χ1n) is 4.95. The van der Waals surface area contributed by atoms with Crippen LogP contribution in [0.25, 0.3) is 0 Å². The van der Waals surface area contributed by atoms with Crippen LogP contribution < -0.4 is 0 Å². The van der Waals surface area contributed by atoms with Crippen LogP contribution in [0.4, 0.5) is 0 Å². The Morgan fingerprint density at radius 3 is 2.45 bits per heavy atom. The van der Waals surface area contributed by atoms with Crippen molar-refractivity contribution in [2.24, 2.45) is 17.8 Å². The minimum absolute atomic E-state index is 0.0603. The van der Waals surface area contributed by atoms with Gasteiger partial charge in [-0.25, -0.2) is 0 Å². The molecule has 2 aliphatic rings. The molecule has 3 atom stereocenters. The molecule has 0 aromatic rings. The standard InChI is InChI=1S/C10H18O/c1-7(9-6-10(9)11)5-8-3-2-4-8/h7-11H,2-6H2,1H3/t7-,9?,10?/m0/s1. The van der Waals surface area contributed by atoms with Gasteiger partial charge in [-0.15, -0.1) is 0 Å². The van der Waals surface area contributed by atoms with Gasteiger partial charge in [-0.1, -0.05) is 26.2 Å². The first kappa shape index (κ1) is 7.60. The molecule has 0 radical (unpaired) electrons. The maximum absolute atomic E-state index is 9.20. The first-order chi connectivity index (χ1) is 5.27. The molecule has 2 fully saturated rings. The van der Waals surface area contributed by atoms with E-state index >= 15 is 0 Å². The third kappa shape index (κ3) is 1.58. The lowest BCUT2D eigenvalue weighted by Crippen LogP contribution is -2.16. The van der Waals surface area contributed by atoms with Crippen molar-refractivity contribution in [1.82, 2.24) is 0 Å². The molecule has 2 saturated carbocycles. The van der Waals surface area contributed by atoms with Crippen molar-refractivity contribution in [3.05, 3.63) is 0 Å². The van der Waals surface area contributed by atoms with E-state index in [1.165, 1.54) is 25.7 Å². The fourth-order valence-corrected chi connectivity index (χ4v) is 2.24. The minimum Gasteiger partial charge on any atom is -0.393 e. The molecule has 1 heteroatoms. The Kier molecular flexibility index (Phi) is 1.92. The predicted molar refractivity (Wildman–Crippen MR) is 45.2 cm³/mol. The largest absolute Gasteiger partial charge is 0.393 e. The highest BCUT2D eigenvalue weighted by atomic mass is 16.3. The van der Waals surface area contributed by atoms with Gasteiger partial charge in [0, 0.05) is 0 Å². The van der Waals surface area contributed by atoms with E-state index in [9.17, 15) is 5.11 Å². The predicted octanol–water partition coefficient (Wildman–Crippen LogP) is 2.19. The molecule has 0 bridgehead atoms. The molecule has 0 aromatic heterocycles. The van der Waals surface area contributed by atoms with Gasteiger partial charge in [0.2, 0.25) is 0 Å². The second-order valence-electron chi connectivity index (χ2n) is 4.48. The summed E-state index contributed by atoms with van der Waals surface area (Å²) >= 11 is 0. The van der Waals surface area contributed by atoms with Gasteiger partial charge in [-0.3, -0.25) is 0 Å². The van der Waals surface area contributed by atoms with E-state index in [0.29, 0.717) is 5.92 Å². The third-order valence-electron chi connectivity index (χ3n) is 3.47. The van der Waals surface area contributed by atoms with Gasteiger partial charge in [0.05, 0.1) is 6.10 Å². The summed E-state index contributed by atoms with van der Waals surface area (Å²) in [6.45, 7) is 2.30. The summed E-state index contributed by atoms with van der Waals surface area (Å²) in [5, 5.41) is 9.20. The normalized spacial score (nSPS) is 39.8. The smallest absolute Gasteiger partial charge is 0.0575 e. The van der Waals surface area contributed by atoms with E-state index in [1.54, 1.807) is 0 Å². The van der Waals surface area contributed by atoms with E-state index in [0.717, 1.165) is 18.3 Å². The van der Waals surface area contributed by atoms with Crippen LogP contribution >= 0.6 is 0 Å². The third-order valence-corrected chi connectivity index (χ3v) is 3.47. The van der Waals surface area contributed by atoms with Crippen molar-refractivity contribution in [2.45, 2.75) is 45.1 Å². The summed E-state index contributed by atoms with van der Waals surface area (Å²) in [5.74, 6) is 2.46. The number of aliphatic hydroxyl groups is 1. The molecule has 2 aliphatic carbocycles. The average molecular weight is 154 g/mol. The van der Waals surface area contributed by atoms with Crippen LogP contribution in [0.1, 0.15) is 39.0 Å². The molecule has 1 nitrogen and oxygen atoms in total. The number of rotatable bonds is 3. The molecule has 2 rings (SSSR count). The molecule has 2 unspecified atom stereocenters. The summed E-state index contributed by atoms with van der Waals surface area (Å²) in [5.41, 5.74) is 0. The van der Waals surface area contributed by atoms with Crippen LogP contribution in [0, 0.1) is 17.8 Å². The maximum Gasteiger partial charge on any atom is 0.0575 e. The maximum atomic E-state index is 9.20. The molecule has 1 N–H and O–H groups in total. The van der Waals surface area contributed by atoms with Crippen molar-refractivity contribution in [2.75, 3.05) is 0 Å². The first-order valence-corrected chi connectivity index (χ1v) is 4.95. The lowest BCUT2D eigenvalue weighted by atomic mass is 9.78. The lowest BCUT2D eigenvalue weighted by Gasteiger charge is -2.28. The molecule has 11 heavy (non-hydrogen) atoms. The lowest BCUT2D eigenvalue weighted by molar-refractivity contribution is 0.204. The molecule has 0 aromatic carbocycles. The minimum atomic E-state index is 0.0603. The topological polar surface area (TPSA) is 20.2 Å². The van der Waals surface area contributed by atoms with Crippen molar-refractivity contribution in [1.29, 1.82) is 0 Å². The van der Waals surface area contributed by atoms with E-state index < -0.39 is 0 Å². The summed E-state index contributed by atoms with van der Waals surface area (Å²) in [7, 11) is 0. The van der Waals surface area contributed by atoms with Crippen LogP contribution in [0.3, 0.4) is 0 Å². The highest BCUT2D eigenvalue weighted by Crippen LogP contribution is 2.43. The van der Waals surface area contributed by atoms with E-state index in [2.05, 4.69) is 6.92 Å². The van der Waals surface area contributed by atoms with Crippen LogP contribution in [-0.4, -0.2) is 11.2 Å². The molecule has 0 amide bonds. The monoisotopic (exact) mass is 154 g/mol. The molecular weight excluding hydrogens is 136 g/mol. The second kappa shape index (κ2) is 2.78. The van der Waals surface area contributed by atoms with Crippen molar-refractivity contribution in [3.63, 3.8) is 0 Å². The van der Waals surface area contributed by atoms with E-state index in [1.807, 2.05) is 0 Å². The van der Waals surface area contributed by atoms with Gasteiger partial charge in [-0.05, 0) is 30.6 Å². The van der Waals surface area contributed by atoms with Crippen LogP contribution in [-0.2, 0) is 0 Å². The Labute approximate surface area is 68.8 Å². The fraction of sp³-hybridized carbons (Fsp3) is 1.00. The van der Waals surface area contributed by atoms with E-state index in [4.69, 9.17) is 0 Å². The quantitative estimate of drug-likeness (QED) is 0.660. The Morgan fingerprint density at radius 2 is 2.09 bits per heavy atom. The Balaban J connectivity index is 1.68. The summed E-state index contributed by atoms with van der Waals surface area (Å²) < 4.78 is 0. The Bertz CT molecular complexity index is 140. The van der Waals surface area contributed by atoms with Gasteiger partial charge >= 0.3 is 0 Å². The van der Waals surface area contributed by atoms with Crippen molar-refractivity contribution >= 4 is 0 Å². The second-order valence-corrected chi connectivity index (χ2v) is 4.48. The zero-order chi connectivity index (χ0) is 7.84. The van der Waals surface area contributed by atoms with Gasteiger partial charge in [-0.2, -0.15) is 0 Å². The van der Waals surface area contributed by atoms with Gasteiger partial charge in [0.25, 0.3) is 0 Å². The Hall–Kier alpha value is -0.0400. The number of hydrogen-bond donors (Lipinski definition) is 1. The van der Waals surface area contributed by atoms with Gasteiger partial charge in [0.15, 0.2) is 0 Å². The van der Waals surface area contributed by atoms with Gasteiger partial charge in [0.1, 0.15) is 0 Å². The van der Waals surface area contributed by atoms with Gasteiger partial charge < -0.3 is 5.11 Å². The SMILES string of the molecule is C[C@@H](CC1CCC1)C1CC1O. The van der Waals surface area contributed by atoms with Crippen LogP contribution in [0.5, 0.6) is 0 Å². The zero-order valence-corrected chi connectivity index (χ0v) is 7.29. The molecule has 64 valence electrons. The van der Waals surface area contributed by atoms with Crippen LogP contribution in [0.2, 0.25) is 0 Å². The fourth-order valence-electron chi connectivity index (χ4n) is 2.24. The summed E-state index contributed by atoms with van der Waals surface area (Å²) in [6, 6.07) is 0. The summed E-state index contributed by atoms with van der Waals surface area (Å²) in [6.07, 6.45) is 6.87. The zero-order valence-electron chi connectivity index (χ0n) is 7.29. The average Bonchev–Trinajstić information content (AvgIpc) is 2.57.